The minimum Gasteiger partial charge on any atom is -0.332 e. The van der Waals surface area contributed by atoms with E-state index < -0.39 is 5.82 Å². The number of hydrogen-bond acceptors (Lipinski definition) is 5. The van der Waals surface area contributed by atoms with E-state index in [1.54, 1.807) is 18.2 Å². The van der Waals surface area contributed by atoms with Crippen molar-refractivity contribution in [3.63, 3.8) is 0 Å². The van der Waals surface area contributed by atoms with Gasteiger partial charge in [0, 0.05) is 17.2 Å². The molecule has 0 aliphatic carbocycles. The summed E-state index contributed by atoms with van der Waals surface area (Å²) in [7, 11) is 0. The summed E-state index contributed by atoms with van der Waals surface area (Å²) in [6.07, 6.45) is 0. The quantitative estimate of drug-likeness (QED) is 0.554. The van der Waals surface area contributed by atoms with E-state index in [1.165, 1.54) is 42.5 Å². The SMILES string of the molecule is O=c1ccc(-c2nc(-c3ccc(F)cc3)no2)nn1Cc1ccccc1F. The van der Waals surface area contributed by atoms with Crippen LogP contribution >= 0.6 is 0 Å². The lowest BCUT2D eigenvalue weighted by Gasteiger charge is -2.06. The molecule has 4 rings (SSSR count). The Morgan fingerprint density at radius 2 is 1.74 bits per heavy atom. The average molecular weight is 366 g/mol. The molecule has 2 heterocycles. The smallest absolute Gasteiger partial charge is 0.278 e. The highest BCUT2D eigenvalue weighted by molar-refractivity contribution is 5.57. The van der Waals surface area contributed by atoms with E-state index in [0.717, 1.165) is 4.68 Å². The zero-order chi connectivity index (χ0) is 18.8. The van der Waals surface area contributed by atoms with Crippen LogP contribution in [0.15, 0.2) is 70.0 Å². The summed E-state index contributed by atoms with van der Waals surface area (Å²) in [5.41, 5.74) is 0.792. The van der Waals surface area contributed by atoms with Gasteiger partial charge in [-0.1, -0.05) is 23.4 Å². The van der Waals surface area contributed by atoms with Crippen molar-refractivity contribution in [3.8, 4) is 23.0 Å². The lowest BCUT2D eigenvalue weighted by molar-refractivity contribution is 0.429. The third kappa shape index (κ3) is 3.50. The molecular formula is C19H12F2N4O2. The lowest BCUT2D eigenvalue weighted by Crippen LogP contribution is -2.23. The molecule has 6 nitrogen and oxygen atoms in total. The molecule has 0 unspecified atom stereocenters. The van der Waals surface area contributed by atoms with Crippen molar-refractivity contribution in [3.05, 3.63) is 88.2 Å². The van der Waals surface area contributed by atoms with Crippen LogP contribution in [-0.2, 0) is 6.54 Å². The Bertz CT molecular complexity index is 1150. The largest absolute Gasteiger partial charge is 0.332 e. The maximum atomic E-state index is 13.8. The molecule has 0 saturated carbocycles. The van der Waals surface area contributed by atoms with Crippen LogP contribution in [0.25, 0.3) is 23.0 Å². The molecule has 0 atom stereocenters. The van der Waals surface area contributed by atoms with E-state index in [4.69, 9.17) is 4.52 Å². The van der Waals surface area contributed by atoms with Gasteiger partial charge >= 0.3 is 0 Å². The van der Waals surface area contributed by atoms with Crippen LogP contribution in [0.5, 0.6) is 0 Å². The molecule has 0 fully saturated rings. The number of nitrogens with zero attached hydrogens (tertiary/aromatic N) is 4. The lowest BCUT2D eigenvalue weighted by atomic mass is 10.2. The molecule has 0 aliphatic rings. The van der Waals surface area contributed by atoms with Crippen molar-refractivity contribution < 1.29 is 13.3 Å². The molecule has 0 amide bonds. The first-order valence-corrected chi connectivity index (χ1v) is 8.02. The minimum absolute atomic E-state index is 0.0295. The van der Waals surface area contributed by atoms with Gasteiger partial charge in [-0.15, -0.1) is 0 Å². The summed E-state index contributed by atoms with van der Waals surface area (Å²) >= 11 is 0. The molecule has 8 heteroatoms. The van der Waals surface area contributed by atoms with Crippen LogP contribution < -0.4 is 5.56 Å². The summed E-state index contributed by atoms with van der Waals surface area (Å²) < 4.78 is 33.2. The Hall–Kier alpha value is -3.68. The molecule has 0 spiro atoms. The fraction of sp³-hybridized carbons (Fsp3) is 0.0526. The number of hydrogen-bond donors (Lipinski definition) is 0. The second kappa shape index (κ2) is 6.91. The summed E-state index contributed by atoms with van der Waals surface area (Å²) in [4.78, 5) is 16.3. The maximum Gasteiger partial charge on any atom is 0.278 e. The van der Waals surface area contributed by atoms with Gasteiger partial charge in [-0.2, -0.15) is 10.1 Å². The van der Waals surface area contributed by atoms with Crippen LogP contribution in [0.1, 0.15) is 5.56 Å². The van der Waals surface area contributed by atoms with Crippen LogP contribution in [0.3, 0.4) is 0 Å². The molecular weight excluding hydrogens is 354 g/mol. The predicted molar refractivity (Wildman–Crippen MR) is 92.7 cm³/mol. The van der Waals surface area contributed by atoms with Crippen molar-refractivity contribution in [1.29, 1.82) is 0 Å². The molecule has 0 radical (unpaired) electrons. The van der Waals surface area contributed by atoms with Gasteiger partial charge in [-0.3, -0.25) is 4.79 Å². The first-order valence-electron chi connectivity index (χ1n) is 8.02. The molecule has 0 N–H and O–H groups in total. The van der Waals surface area contributed by atoms with E-state index in [0.29, 0.717) is 11.1 Å². The summed E-state index contributed by atoms with van der Waals surface area (Å²) in [6, 6.07) is 14.5. The second-order valence-corrected chi connectivity index (χ2v) is 5.74. The molecule has 0 bridgehead atoms. The number of aromatic nitrogens is 4. The monoisotopic (exact) mass is 366 g/mol. The van der Waals surface area contributed by atoms with Crippen molar-refractivity contribution in [2.75, 3.05) is 0 Å². The highest BCUT2D eigenvalue weighted by Crippen LogP contribution is 2.20. The van der Waals surface area contributed by atoms with E-state index >= 15 is 0 Å². The highest BCUT2D eigenvalue weighted by atomic mass is 19.1. The summed E-state index contributed by atoms with van der Waals surface area (Å²) in [5.74, 6) is -0.437. The molecule has 2 aromatic carbocycles. The summed E-state index contributed by atoms with van der Waals surface area (Å²) in [6.45, 7) is -0.0295. The molecule has 134 valence electrons. The van der Waals surface area contributed by atoms with Crippen LogP contribution in [0.4, 0.5) is 8.78 Å². The first kappa shape index (κ1) is 16.8. The molecule has 27 heavy (non-hydrogen) atoms. The Morgan fingerprint density at radius 1 is 0.963 bits per heavy atom. The van der Waals surface area contributed by atoms with E-state index in [-0.39, 0.29) is 35.3 Å². The molecule has 0 aliphatic heterocycles. The van der Waals surface area contributed by atoms with Crippen molar-refractivity contribution in [2.45, 2.75) is 6.54 Å². The van der Waals surface area contributed by atoms with Gasteiger partial charge in [0.25, 0.3) is 11.4 Å². The summed E-state index contributed by atoms with van der Waals surface area (Å²) in [5, 5.41) is 8.03. The third-order valence-electron chi connectivity index (χ3n) is 3.89. The number of benzene rings is 2. The zero-order valence-corrected chi connectivity index (χ0v) is 13.8. The Labute approximate surface area is 151 Å². The van der Waals surface area contributed by atoms with E-state index in [2.05, 4.69) is 15.2 Å². The maximum absolute atomic E-state index is 13.8. The van der Waals surface area contributed by atoms with Gasteiger partial charge in [-0.05, 0) is 36.4 Å². The number of halogens is 2. The van der Waals surface area contributed by atoms with Crippen LogP contribution in [0, 0.1) is 11.6 Å². The fourth-order valence-electron chi connectivity index (χ4n) is 2.51. The van der Waals surface area contributed by atoms with Crippen LogP contribution in [0.2, 0.25) is 0 Å². The van der Waals surface area contributed by atoms with Gasteiger partial charge in [-0.25, -0.2) is 13.5 Å². The predicted octanol–water partition coefficient (Wildman–Crippen LogP) is 3.29. The number of rotatable bonds is 4. The van der Waals surface area contributed by atoms with Crippen LogP contribution in [-0.4, -0.2) is 19.9 Å². The molecule has 4 aromatic rings. The second-order valence-electron chi connectivity index (χ2n) is 5.74. The van der Waals surface area contributed by atoms with E-state index in [1.807, 2.05) is 0 Å². The standard InChI is InChI=1S/C19H12F2N4O2/c20-14-7-5-12(6-8-14)18-22-19(27-24-18)16-9-10-17(26)25(23-16)11-13-3-1-2-4-15(13)21/h1-10H,11H2. The highest BCUT2D eigenvalue weighted by Gasteiger charge is 2.14. The van der Waals surface area contributed by atoms with Crippen molar-refractivity contribution in [2.24, 2.45) is 0 Å². The van der Waals surface area contributed by atoms with Gasteiger partial charge in [0.2, 0.25) is 5.82 Å². The third-order valence-corrected chi connectivity index (χ3v) is 3.89. The van der Waals surface area contributed by atoms with Crippen molar-refractivity contribution >= 4 is 0 Å². The fourth-order valence-corrected chi connectivity index (χ4v) is 2.51. The van der Waals surface area contributed by atoms with Gasteiger partial charge in [0.15, 0.2) is 0 Å². The Morgan fingerprint density at radius 3 is 2.52 bits per heavy atom. The Balaban J connectivity index is 1.66. The Kier molecular flexibility index (Phi) is 4.29. The zero-order valence-electron chi connectivity index (χ0n) is 13.8. The van der Waals surface area contributed by atoms with Gasteiger partial charge < -0.3 is 4.52 Å². The normalized spacial score (nSPS) is 10.9. The first-order chi connectivity index (χ1) is 13.1. The topological polar surface area (TPSA) is 73.8 Å². The minimum atomic E-state index is -0.423. The van der Waals surface area contributed by atoms with Crippen molar-refractivity contribution in [1.82, 2.24) is 19.9 Å². The molecule has 2 aromatic heterocycles. The van der Waals surface area contributed by atoms with E-state index in [9.17, 15) is 13.6 Å². The van der Waals surface area contributed by atoms with Gasteiger partial charge in [0.1, 0.15) is 17.3 Å². The van der Waals surface area contributed by atoms with Gasteiger partial charge in [0.05, 0.1) is 6.54 Å². The molecule has 0 saturated heterocycles. The average Bonchev–Trinajstić information content (AvgIpc) is 3.16.